The first-order chi connectivity index (χ1) is 33.7. The van der Waals surface area contributed by atoms with E-state index in [9.17, 15) is 35.1 Å². The molecular weight excluding hydrogens is 871 g/mol. The summed E-state index contributed by atoms with van der Waals surface area (Å²) in [5.74, 6) is -1.27. The summed E-state index contributed by atoms with van der Waals surface area (Å²) in [6, 6.07) is -1.03. The van der Waals surface area contributed by atoms with E-state index in [2.05, 4.69) is 50.4 Å². The highest BCUT2D eigenvalue weighted by molar-refractivity contribution is 5.80. The van der Waals surface area contributed by atoms with E-state index in [1.807, 2.05) is 18.2 Å². The summed E-state index contributed by atoms with van der Waals surface area (Å²) in [5, 5.41) is 56.7. The molecule has 1 amide bonds. The number of allylic oxidation sites excluding steroid dienone is 7. The highest BCUT2D eigenvalue weighted by atomic mass is 16.7. The Bertz CT molecular complexity index is 1300. The molecule has 1 rings (SSSR count). The molecule has 0 bridgehead atoms. The first-order valence-electron chi connectivity index (χ1n) is 28.4. The van der Waals surface area contributed by atoms with Gasteiger partial charge < -0.3 is 45.1 Å². The maximum absolute atomic E-state index is 13.4. The van der Waals surface area contributed by atoms with Gasteiger partial charge in [0.2, 0.25) is 5.91 Å². The van der Waals surface area contributed by atoms with E-state index < -0.39 is 67.4 Å². The van der Waals surface area contributed by atoms with E-state index in [4.69, 9.17) is 14.2 Å². The minimum Gasteiger partial charge on any atom is -0.454 e. The molecule has 6 N–H and O–H groups in total. The first kappa shape index (κ1) is 64.6. The number of unbranched alkanes of at least 4 members (excludes halogenated alkanes) is 27. The summed E-state index contributed by atoms with van der Waals surface area (Å²) in [5.41, 5.74) is 0. The molecule has 1 fully saturated rings. The van der Waals surface area contributed by atoms with Crippen molar-refractivity contribution in [1.82, 2.24) is 5.32 Å². The Hall–Kier alpha value is -2.38. The lowest BCUT2D eigenvalue weighted by molar-refractivity contribution is -0.305. The molecule has 0 aromatic rings. The predicted molar refractivity (Wildman–Crippen MR) is 283 cm³/mol. The molecule has 11 heteroatoms. The van der Waals surface area contributed by atoms with Gasteiger partial charge in [0.15, 0.2) is 12.4 Å². The Morgan fingerprint density at radius 2 is 1.00 bits per heavy atom. The molecule has 0 radical (unpaired) electrons. The fraction of sp³-hybridized carbons (Fsp3) is 0.828. The van der Waals surface area contributed by atoms with Crippen molar-refractivity contribution in [3.63, 3.8) is 0 Å². The van der Waals surface area contributed by atoms with Crippen molar-refractivity contribution >= 4 is 11.9 Å². The van der Waals surface area contributed by atoms with Crippen molar-refractivity contribution in [2.75, 3.05) is 13.2 Å². The summed E-state index contributed by atoms with van der Waals surface area (Å²) in [6.45, 7) is 5.72. The Balaban J connectivity index is 2.79. The van der Waals surface area contributed by atoms with Crippen molar-refractivity contribution in [3.8, 4) is 0 Å². The molecule has 1 aliphatic heterocycles. The third-order valence-corrected chi connectivity index (χ3v) is 13.2. The maximum Gasteiger partial charge on any atom is 0.306 e. The Kier molecular flexibility index (Phi) is 43.7. The standard InChI is InChI=1S/C58H105NO10/c1-4-7-10-13-16-19-22-25-28-30-33-36-39-42-45-51(62)57(66)59-49(50(61)44-41-38-35-32-29-26-23-20-17-14-11-8-5-2)48-67-58-56(55(65)54(64)52(47-60)68-58)69-53(63)46-43-40-37-34-31-27-24-21-18-15-12-9-6-3/h19,22,27,31,37,40-41,44,49-52,54-56,58,60-62,64-65H,4-18,20-21,23-26,28-30,32-36,38-39,42-43,45-48H2,1-3H3,(H,59,66)/b22-19-,31-27-,40-37+,44-41+. The van der Waals surface area contributed by atoms with Crippen LogP contribution in [0.25, 0.3) is 0 Å². The van der Waals surface area contributed by atoms with Crippen LogP contribution in [0.15, 0.2) is 48.6 Å². The number of nitrogens with one attached hydrogen (secondary N) is 1. The number of carbonyl (C=O) groups excluding carboxylic acids is 2. The van der Waals surface area contributed by atoms with Gasteiger partial charge in [0.1, 0.15) is 24.4 Å². The summed E-state index contributed by atoms with van der Waals surface area (Å²) in [4.78, 5) is 26.4. The van der Waals surface area contributed by atoms with Crippen LogP contribution in [0, 0.1) is 0 Å². The van der Waals surface area contributed by atoms with E-state index in [0.717, 1.165) is 64.2 Å². The lowest BCUT2D eigenvalue weighted by Crippen LogP contribution is -2.61. The number of ether oxygens (including phenoxy) is 3. The molecule has 0 saturated carbocycles. The zero-order valence-electron chi connectivity index (χ0n) is 44.2. The van der Waals surface area contributed by atoms with Crippen molar-refractivity contribution in [1.29, 1.82) is 0 Å². The van der Waals surface area contributed by atoms with Gasteiger partial charge in [-0.25, -0.2) is 0 Å². The van der Waals surface area contributed by atoms with Crippen LogP contribution in [0.1, 0.15) is 245 Å². The monoisotopic (exact) mass is 976 g/mol. The molecule has 8 unspecified atom stereocenters. The van der Waals surface area contributed by atoms with Crippen molar-refractivity contribution < 1.29 is 49.3 Å². The van der Waals surface area contributed by atoms with Gasteiger partial charge >= 0.3 is 5.97 Å². The molecule has 69 heavy (non-hydrogen) atoms. The van der Waals surface area contributed by atoms with Gasteiger partial charge in [-0.15, -0.1) is 0 Å². The number of carbonyl (C=O) groups is 2. The van der Waals surface area contributed by atoms with Crippen LogP contribution in [0.3, 0.4) is 0 Å². The Morgan fingerprint density at radius 3 is 1.51 bits per heavy atom. The van der Waals surface area contributed by atoms with Gasteiger partial charge in [-0.3, -0.25) is 9.59 Å². The molecule has 0 aromatic heterocycles. The van der Waals surface area contributed by atoms with E-state index in [0.29, 0.717) is 12.8 Å². The fourth-order valence-electron chi connectivity index (χ4n) is 8.64. The quantitative estimate of drug-likeness (QED) is 0.0196. The minimum absolute atomic E-state index is 0.0174. The number of hydrogen-bond donors (Lipinski definition) is 6. The zero-order valence-corrected chi connectivity index (χ0v) is 44.2. The largest absolute Gasteiger partial charge is 0.454 e. The Morgan fingerprint density at radius 1 is 0.565 bits per heavy atom. The molecule has 11 nitrogen and oxygen atoms in total. The van der Waals surface area contributed by atoms with Crippen LogP contribution < -0.4 is 5.32 Å². The predicted octanol–water partition coefficient (Wildman–Crippen LogP) is 12.5. The van der Waals surface area contributed by atoms with E-state index in [1.165, 1.54) is 135 Å². The van der Waals surface area contributed by atoms with Crippen LogP contribution in [0.4, 0.5) is 0 Å². The van der Waals surface area contributed by atoms with Gasteiger partial charge in [-0.05, 0) is 70.6 Å². The number of hydrogen-bond acceptors (Lipinski definition) is 10. The molecule has 0 spiro atoms. The molecular formula is C58H105NO10. The molecule has 0 aliphatic carbocycles. The normalized spacial score (nSPS) is 20.1. The number of rotatable bonds is 47. The second-order valence-corrected chi connectivity index (χ2v) is 19.7. The molecule has 402 valence electrons. The van der Waals surface area contributed by atoms with Gasteiger partial charge in [0.25, 0.3) is 0 Å². The second-order valence-electron chi connectivity index (χ2n) is 19.7. The van der Waals surface area contributed by atoms with E-state index in [1.54, 1.807) is 6.08 Å². The fourth-order valence-corrected chi connectivity index (χ4v) is 8.64. The highest BCUT2D eigenvalue weighted by Crippen LogP contribution is 2.26. The first-order valence-corrected chi connectivity index (χ1v) is 28.4. The lowest BCUT2D eigenvalue weighted by Gasteiger charge is -2.41. The van der Waals surface area contributed by atoms with Crippen molar-refractivity contribution in [2.24, 2.45) is 0 Å². The smallest absolute Gasteiger partial charge is 0.306 e. The lowest BCUT2D eigenvalue weighted by atomic mass is 9.99. The van der Waals surface area contributed by atoms with Gasteiger partial charge in [0, 0.05) is 6.42 Å². The SMILES string of the molecule is CCCCCC/C=C\CCCCCCCCC(O)C(=O)NC(COC1OC(CO)C(O)C(O)C1OC(=O)CC/C=C/C/C=C\CCCCCCCC)C(O)/C=C/CCCCCCCCCCCCC. The summed E-state index contributed by atoms with van der Waals surface area (Å²) in [6.07, 6.45) is 44.5. The number of aliphatic hydroxyl groups excluding tert-OH is 5. The topological polar surface area (TPSA) is 175 Å². The van der Waals surface area contributed by atoms with Crippen LogP contribution >= 0.6 is 0 Å². The number of aliphatic hydroxyl groups is 5. The second kappa shape index (κ2) is 46.7. The van der Waals surface area contributed by atoms with Gasteiger partial charge in [-0.1, -0.05) is 217 Å². The molecule has 0 aromatic carbocycles. The van der Waals surface area contributed by atoms with Gasteiger partial charge in [0.05, 0.1) is 25.4 Å². The molecule has 8 atom stereocenters. The van der Waals surface area contributed by atoms with Crippen molar-refractivity contribution in [2.45, 2.75) is 294 Å². The zero-order chi connectivity index (χ0) is 50.4. The molecule has 1 heterocycles. The van der Waals surface area contributed by atoms with Crippen LogP contribution in [-0.2, 0) is 23.8 Å². The van der Waals surface area contributed by atoms with Crippen LogP contribution in [-0.4, -0.2) is 99.6 Å². The van der Waals surface area contributed by atoms with E-state index in [-0.39, 0.29) is 19.4 Å². The molecule has 1 aliphatic rings. The van der Waals surface area contributed by atoms with E-state index >= 15 is 0 Å². The molecule has 1 saturated heterocycles. The average Bonchev–Trinajstić information content (AvgIpc) is 3.34. The minimum atomic E-state index is -1.63. The van der Waals surface area contributed by atoms with Gasteiger partial charge in [-0.2, -0.15) is 0 Å². The Labute approximate surface area is 421 Å². The van der Waals surface area contributed by atoms with Crippen LogP contribution in [0.2, 0.25) is 0 Å². The summed E-state index contributed by atoms with van der Waals surface area (Å²) in [7, 11) is 0. The number of esters is 1. The summed E-state index contributed by atoms with van der Waals surface area (Å²) >= 11 is 0. The van der Waals surface area contributed by atoms with Crippen LogP contribution in [0.5, 0.6) is 0 Å². The highest BCUT2D eigenvalue weighted by Gasteiger charge is 2.47. The average molecular weight is 976 g/mol. The van der Waals surface area contributed by atoms with Crippen molar-refractivity contribution in [3.05, 3.63) is 48.6 Å². The third kappa shape index (κ3) is 35.4. The third-order valence-electron chi connectivity index (χ3n) is 13.2. The maximum atomic E-state index is 13.4. The summed E-state index contributed by atoms with van der Waals surface area (Å²) < 4.78 is 17.5. The number of amides is 1.